The normalized spacial score (nSPS) is 14.5. The Morgan fingerprint density at radius 2 is 2.18 bits per heavy atom. The van der Waals surface area contributed by atoms with Crippen LogP contribution in [0.3, 0.4) is 0 Å². The molecule has 2 aromatic rings. The van der Waals surface area contributed by atoms with Crippen LogP contribution < -0.4 is 5.73 Å². The van der Waals surface area contributed by atoms with Gasteiger partial charge in [-0.25, -0.2) is 0 Å². The van der Waals surface area contributed by atoms with Crippen molar-refractivity contribution in [3.63, 3.8) is 0 Å². The Labute approximate surface area is 108 Å². The molecular weight excluding hydrogens is 284 g/mol. The van der Waals surface area contributed by atoms with E-state index in [0.717, 1.165) is 5.69 Å². The van der Waals surface area contributed by atoms with Crippen molar-refractivity contribution in [2.45, 2.75) is 12.0 Å². The summed E-state index contributed by atoms with van der Waals surface area (Å²) in [5.74, 6) is 0.215. The highest BCUT2D eigenvalue weighted by Gasteiger charge is 2.25. The summed E-state index contributed by atoms with van der Waals surface area (Å²) in [7, 11) is 0. The third-order valence-corrected chi connectivity index (χ3v) is 3.01. The second-order valence-corrected chi connectivity index (χ2v) is 4.47. The van der Waals surface area contributed by atoms with Gasteiger partial charge in [0.2, 0.25) is 0 Å². The van der Waals surface area contributed by atoms with Gasteiger partial charge in [-0.3, -0.25) is 4.98 Å². The maximum atomic E-state index is 10.2. The predicted octanol–water partition coefficient (Wildman–Crippen LogP) is 2.21. The van der Waals surface area contributed by atoms with Crippen molar-refractivity contribution in [2.75, 3.05) is 6.54 Å². The molecule has 3 N–H and O–H groups in total. The maximum absolute atomic E-state index is 10.2. The van der Waals surface area contributed by atoms with E-state index in [1.807, 2.05) is 18.2 Å². The molecule has 2 rings (SSSR count). The summed E-state index contributed by atoms with van der Waals surface area (Å²) in [6.45, 7) is 0.302. The van der Waals surface area contributed by atoms with Crippen LogP contribution in [0.4, 0.5) is 0 Å². The van der Waals surface area contributed by atoms with Crippen molar-refractivity contribution < 1.29 is 9.52 Å². The van der Waals surface area contributed by atoms with Crippen molar-refractivity contribution in [1.29, 1.82) is 0 Å². The van der Waals surface area contributed by atoms with Gasteiger partial charge in [0.15, 0.2) is 4.67 Å². The third-order valence-electron chi connectivity index (χ3n) is 2.59. The van der Waals surface area contributed by atoms with Crippen LogP contribution >= 0.6 is 15.9 Å². The van der Waals surface area contributed by atoms with E-state index in [-0.39, 0.29) is 5.92 Å². The molecule has 2 aromatic heterocycles. The average Bonchev–Trinajstić information content (AvgIpc) is 2.78. The topological polar surface area (TPSA) is 72.3 Å². The Bertz CT molecular complexity index is 472. The van der Waals surface area contributed by atoms with Crippen LogP contribution in [0.1, 0.15) is 23.5 Å². The fourth-order valence-corrected chi connectivity index (χ4v) is 2.01. The maximum Gasteiger partial charge on any atom is 0.169 e. The summed E-state index contributed by atoms with van der Waals surface area (Å²) >= 11 is 3.20. The van der Waals surface area contributed by atoms with E-state index < -0.39 is 6.10 Å². The average molecular weight is 297 g/mol. The highest BCUT2D eigenvalue weighted by Crippen LogP contribution is 2.31. The molecule has 2 heterocycles. The zero-order chi connectivity index (χ0) is 12.3. The Hall–Kier alpha value is -1.17. The monoisotopic (exact) mass is 296 g/mol. The zero-order valence-corrected chi connectivity index (χ0v) is 10.7. The van der Waals surface area contributed by atoms with Crippen molar-refractivity contribution >= 4 is 15.9 Å². The second-order valence-electron chi connectivity index (χ2n) is 3.68. The van der Waals surface area contributed by atoms with Crippen LogP contribution in [0.2, 0.25) is 0 Å². The summed E-state index contributed by atoms with van der Waals surface area (Å²) in [5, 5.41) is 10.2. The smallest absolute Gasteiger partial charge is 0.169 e. The number of nitrogens with zero attached hydrogens (tertiary/aromatic N) is 1. The van der Waals surface area contributed by atoms with E-state index in [1.54, 1.807) is 18.3 Å². The fourth-order valence-electron chi connectivity index (χ4n) is 1.69. The SMILES string of the molecule is NCC(c1ccccn1)C(O)c1ccc(Br)o1. The minimum Gasteiger partial charge on any atom is -0.452 e. The van der Waals surface area contributed by atoms with Crippen LogP contribution in [0, 0.1) is 0 Å². The van der Waals surface area contributed by atoms with Crippen LogP contribution in [0.5, 0.6) is 0 Å². The number of rotatable bonds is 4. The lowest BCUT2D eigenvalue weighted by atomic mass is 9.96. The molecule has 0 radical (unpaired) electrons. The van der Waals surface area contributed by atoms with Gasteiger partial charge in [0.05, 0.1) is 0 Å². The Kier molecular flexibility index (Phi) is 3.93. The van der Waals surface area contributed by atoms with Crippen LogP contribution in [-0.2, 0) is 0 Å². The van der Waals surface area contributed by atoms with Crippen LogP contribution in [0.15, 0.2) is 45.6 Å². The van der Waals surface area contributed by atoms with E-state index >= 15 is 0 Å². The van der Waals surface area contributed by atoms with Gasteiger partial charge in [0, 0.05) is 24.4 Å². The molecule has 0 aliphatic heterocycles. The highest BCUT2D eigenvalue weighted by molar-refractivity contribution is 9.10. The molecule has 2 unspecified atom stereocenters. The Morgan fingerprint density at radius 3 is 2.71 bits per heavy atom. The first-order chi connectivity index (χ1) is 8.22. The van der Waals surface area contributed by atoms with Crippen molar-refractivity contribution in [1.82, 2.24) is 4.98 Å². The number of furan rings is 1. The largest absolute Gasteiger partial charge is 0.452 e. The second kappa shape index (κ2) is 5.44. The van der Waals surface area contributed by atoms with Gasteiger partial charge >= 0.3 is 0 Å². The lowest BCUT2D eigenvalue weighted by molar-refractivity contribution is 0.119. The summed E-state index contributed by atoms with van der Waals surface area (Å²) in [5.41, 5.74) is 6.46. The fraction of sp³-hybridized carbons (Fsp3) is 0.250. The van der Waals surface area contributed by atoms with E-state index in [1.165, 1.54) is 0 Å². The van der Waals surface area contributed by atoms with E-state index in [9.17, 15) is 5.11 Å². The molecule has 0 spiro atoms. The number of hydrogen-bond acceptors (Lipinski definition) is 4. The zero-order valence-electron chi connectivity index (χ0n) is 9.08. The molecule has 0 saturated carbocycles. The summed E-state index contributed by atoms with van der Waals surface area (Å²) in [6.07, 6.45) is 0.893. The van der Waals surface area contributed by atoms with Gasteiger partial charge in [-0.05, 0) is 40.2 Å². The summed E-state index contributed by atoms with van der Waals surface area (Å²) < 4.78 is 5.92. The standard InChI is InChI=1S/C12H13BrN2O2/c13-11-5-4-10(17-11)12(16)8(7-14)9-3-1-2-6-15-9/h1-6,8,12,16H,7,14H2. The lowest BCUT2D eigenvalue weighted by Crippen LogP contribution is -2.20. The lowest BCUT2D eigenvalue weighted by Gasteiger charge is -2.18. The minimum atomic E-state index is -0.791. The van der Waals surface area contributed by atoms with Crippen molar-refractivity contribution in [3.05, 3.63) is 52.7 Å². The van der Waals surface area contributed by atoms with Gasteiger partial charge in [-0.1, -0.05) is 6.07 Å². The van der Waals surface area contributed by atoms with Gasteiger partial charge in [-0.2, -0.15) is 0 Å². The number of aliphatic hydroxyl groups excluding tert-OH is 1. The molecule has 0 saturated heterocycles. The molecule has 90 valence electrons. The molecule has 0 fully saturated rings. The first-order valence-electron chi connectivity index (χ1n) is 5.26. The molecular formula is C12H13BrN2O2. The number of halogens is 1. The first kappa shape index (κ1) is 12.3. The molecule has 4 nitrogen and oxygen atoms in total. The molecule has 5 heteroatoms. The summed E-state index contributed by atoms with van der Waals surface area (Å²) in [6, 6.07) is 9.01. The number of aliphatic hydroxyl groups is 1. The first-order valence-corrected chi connectivity index (χ1v) is 6.06. The van der Waals surface area contributed by atoms with E-state index in [4.69, 9.17) is 10.2 Å². The third kappa shape index (κ3) is 2.74. The molecule has 0 aliphatic rings. The minimum absolute atomic E-state index is 0.269. The van der Waals surface area contributed by atoms with Crippen molar-refractivity contribution in [3.8, 4) is 0 Å². The number of pyridine rings is 1. The van der Waals surface area contributed by atoms with Crippen LogP contribution in [-0.4, -0.2) is 16.6 Å². The molecule has 0 bridgehead atoms. The molecule has 17 heavy (non-hydrogen) atoms. The highest BCUT2D eigenvalue weighted by atomic mass is 79.9. The van der Waals surface area contributed by atoms with E-state index in [2.05, 4.69) is 20.9 Å². The van der Waals surface area contributed by atoms with E-state index in [0.29, 0.717) is 17.0 Å². The number of hydrogen-bond donors (Lipinski definition) is 2. The predicted molar refractivity (Wildman–Crippen MR) is 67.4 cm³/mol. The van der Waals surface area contributed by atoms with Crippen LogP contribution in [0.25, 0.3) is 0 Å². The van der Waals surface area contributed by atoms with Gasteiger partial charge in [0.25, 0.3) is 0 Å². The van der Waals surface area contributed by atoms with Gasteiger partial charge in [-0.15, -0.1) is 0 Å². The summed E-state index contributed by atoms with van der Waals surface area (Å²) in [4.78, 5) is 4.21. The molecule has 0 aliphatic carbocycles. The molecule has 0 amide bonds. The molecule has 0 aromatic carbocycles. The van der Waals surface area contributed by atoms with Gasteiger partial charge < -0.3 is 15.3 Å². The van der Waals surface area contributed by atoms with Gasteiger partial charge in [0.1, 0.15) is 11.9 Å². The number of aromatic nitrogens is 1. The number of nitrogens with two attached hydrogens (primary N) is 1. The van der Waals surface area contributed by atoms with Crippen molar-refractivity contribution in [2.24, 2.45) is 5.73 Å². The molecule has 2 atom stereocenters. The quantitative estimate of drug-likeness (QED) is 0.907. The Balaban J connectivity index is 2.25. The Morgan fingerprint density at radius 1 is 1.35 bits per heavy atom.